The molecule has 0 saturated carbocycles. The van der Waals surface area contributed by atoms with Gasteiger partial charge in [0.1, 0.15) is 11.9 Å². The summed E-state index contributed by atoms with van der Waals surface area (Å²) in [5.41, 5.74) is 0.647. The average molecular weight is 347 g/mol. The largest absolute Gasteiger partial charge is 0.480 e. The number of nitrogens with zero attached hydrogens (tertiary/aromatic N) is 3. The summed E-state index contributed by atoms with van der Waals surface area (Å²) in [6.07, 6.45) is 2.37. The summed E-state index contributed by atoms with van der Waals surface area (Å²) in [5.74, 6) is -0.697. The van der Waals surface area contributed by atoms with E-state index in [1.165, 1.54) is 17.0 Å². The van der Waals surface area contributed by atoms with Gasteiger partial charge in [-0.1, -0.05) is 5.16 Å². The Bertz CT molecular complexity index is 760. The van der Waals surface area contributed by atoms with E-state index in [2.05, 4.69) is 10.1 Å². The fraction of sp³-hybridized carbons (Fsp3) is 0.412. The van der Waals surface area contributed by atoms with E-state index in [4.69, 9.17) is 9.63 Å². The zero-order valence-corrected chi connectivity index (χ0v) is 13.5. The molecule has 8 heteroatoms. The van der Waals surface area contributed by atoms with Gasteiger partial charge in [-0.25, -0.2) is 9.18 Å². The van der Waals surface area contributed by atoms with E-state index >= 15 is 0 Å². The Morgan fingerprint density at radius 1 is 1.32 bits per heavy atom. The standard InChI is InChI=1S/C17H18FN3O4/c18-12-8-6-11(7-9-12)16-19-14(25-20-16)4-1-5-15(22)21-10-2-3-13(21)17(23)24/h6-9,13H,1-5,10H2,(H,23,24)/t13-/m1/s1. The molecule has 1 atom stereocenters. The Morgan fingerprint density at radius 2 is 2.08 bits per heavy atom. The predicted octanol–water partition coefficient (Wildman–Crippen LogP) is 2.27. The molecular weight excluding hydrogens is 329 g/mol. The summed E-state index contributed by atoms with van der Waals surface area (Å²) in [6, 6.07) is 5.05. The number of halogens is 1. The van der Waals surface area contributed by atoms with Crippen LogP contribution in [0.1, 0.15) is 31.6 Å². The molecule has 1 saturated heterocycles. The summed E-state index contributed by atoms with van der Waals surface area (Å²) in [5, 5.41) is 13.0. The Hall–Kier alpha value is -2.77. The summed E-state index contributed by atoms with van der Waals surface area (Å²) >= 11 is 0. The third kappa shape index (κ3) is 4.01. The van der Waals surface area contributed by atoms with Crippen molar-refractivity contribution in [2.45, 2.75) is 38.1 Å². The molecule has 0 spiro atoms. The van der Waals surface area contributed by atoms with Crippen LogP contribution in [0.5, 0.6) is 0 Å². The fourth-order valence-corrected chi connectivity index (χ4v) is 2.93. The quantitative estimate of drug-likeness (QED) is 0.861. The Labute approximate surface area is 143 Å². The lowest BCUT2D eigenvalue weighted by Crippen LogP contribution is -2.40. The number of hydrogen-bond donors (Lipinski definition) is 1. The second-order valence-electron chi connectivity index (χ2n) is 5.96. The smallest absolute Gasteiger partial charge is 0.326 e. The summed E-state index contributed by atoms with van der Waals surface area (Å²) in [4.78, 5) is 28.9. The maximum atomic E-state index is 12.9. The number of carbonyl (C=O) groups is 2. The van der Waals surface area contributed by atoms with E-state index in [0.717, 1.165) is 0 Å². The lowest BCUT2D eigenvalue weighted by Gasteiger charge is -2.21. The van der Waals surface area contributed by atoms with Gasteiger partial charge in [-0.15, -0.1) is 0 Å². The molecule has 1 fully saturated rings. The summed E-state index contributed by atoms with van der Waals surface area (Å²) in [7, 11) is 0. The lowest BCUT2D eigenvalue weighted by molar-refractivity contribution is -0.148. The highest BCUT2D eigenvalue weighted by Crippen LogP contribution is 2.20. The molecule has 25 heavy (non-hydrogen) atoms. The molecule has 2 heterocycles. The molecule has 132 valence electrons. The first-order valence-corrected chi connectivity index (χ1v) is 8.15. The van der Waals surface area contributed by atoms with E-state index in [0.29, 0.717) is 49.5 Å². The van der Waals surface area contributed by atoms with Crippen molar-refractivity contribution in [3.8, 4) is 11.4 Å². The summed E-state index contributed by atoms with van der Waals surface area (Å²) < 4.78 is 18.1. The van der Waals surface area contributed by atoms with Gasteiger partial charge < -0.3 is 14.5 Å². The highest BCUT2D eigenvalue weighted by molar-refractivity contribution is 5.84. The molecule has 1 aliphatic heterocycles. The first-order valence-electron chi connectivity index (χ1n) is 8.15. The molecule has 0 radical (unpaired) electrons. The van der Waals surface area contributed by atoms with Gasteiger partial charge in [0.05, 0.1) is 0 Å². The van der Waals surface area contributed by atoms with Crippen molar-refractivity contribution in [2.24, 2.45) is 0 Å². The Morgan fingerprint density at radius 3 is 2.80 bits per heavy atom. The van der Waals surface area contributed by atoms with Crippen molar-refractivity contribution < 1.29 is 23.6 Å². The van der Waals surface area contributed by atoms with E-state index in [-0.39, 0.29) is 18.1 Å². The number of hydrogen-bond acceptors (Lipinski definition) is 5. The van der Waals surface area contributed by atoms with Gasteiger partial charge in [-0.05, 0) is 43.5 Å². The SMILES string of the molecule is O=C(O)[C@H]1CCCN1C(=O)CCCc1nc(-c2ccc(F)cc2)no1. The number of amides is 1. The number of likely N-dealkylation sites (tertiary alicyclic amines) is 1. The fourth-order valence-electron chi connectivity index (χ4n) is 2.93. The van der Waals surface area contributed by atoms with Crippen molar-refractivity contribution in [1.82, 2.24) is 15.0 Å². The van der Waals surface area contributed by atoms with E-state index < -0.39 is 12.0 Å². The van der Waals surface area contributed by atoms with Crippen LogP contribution in [0.4, 0.5) is 4.39 Å². The molecule has 2 aromatic rings. The minimum atomic E-state index is -0.952. The van der Waals surface area contributed by atoms with Crippen LogP contribution in [0.2, 0.25) is 0 Å². The number of aryl methyl sites for hydroxylation is 1. The Kier molecular flexibility index (Phi) is 5.06. The van der Waals surface area contributed by atoms with Crippen molar-refractivity contribution in [3.63, 3.8) is 0 Å². The third-order valence-electron chi connectivity index (χ3n) is 4.21. The van der Waals surface area contributed by atoms with Gasteiger partial charge in [0.2, 0.25) is 17.6 Å². The van der Waals surface area contributed by atoms with Crippen LogP contribution in [0, 0.1) is 5.82 Å². The normalized spacial score (nSPS) is 17.0. The van der Waals surface area contributed by atoms with Gasteiger partial charge >= 0.3 is 5.97 Å². The minimum Gasteiger partial charge on any atom is -0.480 e. The topological polar surface area (TPSA) is 96.5 Å². The van der Waals surface area contributed by atoms with Crippen molar-refractivity contribution in [1.29, 1.82) is 0 Å². The van der Waals surface area contributed by atoms with Crippen LogP contribution >= 0.6 is 0 Å². The van der Waals surface area contributed by atoms with E-state index in [1.807, 2.05) is 0 Å². The van der Waals surface area contributed by atoms with Gasteiger partial charge in [0.15, 0.2) is 0 Å². The zero-order valence-electron chi connectivity index (χ0n) is 13.5. The molecular formula is C17H18FN3O4. The summed E-state index contributed by atoms with van der Waals surface area (Å²) in [6.45, 7) is 0.491. The van der Waals surface area contributed by atoms with E-state index in [1.54, 1.807) is 12.1 Å². The highest BCUT2D eigenvalue weighted by atomic mass is 19.1. The van der Waals surface area contributed by atoms with Crippen LogP contribution in [-0.4, -0.2) is 44.6 Å². The molecule has 3 rings (SSSR count). The number of carboxylic acid groups (broad SMARTS) is 1. The molecule has 1 aromatic carbocycles. The van der Waals surface area contributed by atoms with Gasteiger partial charge in [-0.3, -0.25) is 4.79 Å². The van der Waals surface area contributed by atoms with Gasteiger partial charge in [0, 0.05) is 24.9 Å². The first kappa shape index (κ1) is 17.1. The highest BCUT2D eigenvalue weighted by Gasteiger charge is 2.33. The molecule has 1 N–H and O–H groups in total. The number of carbonyl (C=O) groups excluding carboxylic acids is 1. The molecule has 7 nitrogen and oxygen atoms in total. The monoisotopic (exact) mass is 347 g/mol. The molecule has 0 bridgehead atoms. The third-order valence-corrected chi connectivity index (χ3v) is 4.21. The maximum Gasteiger partial charge on any atom is 0.326 e. The van der Waals surface area contributed by atoms with Crippen molar-refractivity contribution >= 4 is 11.9 Å². The molecule has 1 aromatic heterocycles. The van der Waals surface area contributed by atoms with Crippen LogP contribution in [0.3, 0.4) is 0 Å². The number of aromatic nitrogens is 2. The van der Waals surface area contributed by atoms with Gasteiger partial charge in [-0.2, -0.15) is 4.98 Å². The molecule has 1 aliphatic rings. The van der Waals surface area contributed by atoms with Crippen LogP contribution in [0.25, 0.3) is 11.4 Å². The molecule has 0 aliphatic carbocycles. The van der Waals surface area contributed by atoms with Crippen molar-refractivity contribution in [2.75, 3.05) is 6.54 Å². The second kappa shape index (κ2) is 7.42. The number of aliphatic carboxylic acids is 1. The van der Waals surface area contributed by atoms with Crippen molar-refractivity contribution in [3.05, 3.63) is 36.0 Å². The Balaban J connectivity index is 1.52. The first-order chi connectivity index (χ1) is 12.0. The zero-order chi connectivity index (χ0) is 17.8. The van der Waals surface area contributed by atoms with Crippen LogP contribution in [0.15, 0.2) is 28.8 Å². The molecule has 0 unspecified atom stereocenters. The number of rotatable bonds is 6. The maximum absolute atomic E-state index is 12.9. The van der Waals surface area contributed by atoms with Crippen LogP contribution in [-0.2, 0) is 16.0 Å². The number of benzene rings is 1. The number of carboxylic acids is 1. The lowest BCUT2D eigenvalue weighted by atomic mass is 10.2. The van der Waals surface area contributed by atoms with E-state index in [9.17, 15) is 14.0 Å². The molecule has 1 amide bonds. The second-order valence-corrected chi connectivity index (χ2v) is 5.96. The average Bonchev–Trinajstić information content (AvgIpc) is 3.25. The van der Waals surface area contributed by atoms with Gasteiger partial charge in [0.25, 0.3) is 0 Å². The minimum absolute atomic E-state index is 0.164. The predicted molar refractivity (Wildman–Crippen MR) is 85.0 cm³/mol. The van der Waals surface area contributed by atoms with Crippen LogP contribution < -0.4 is 0 Å².